The molecular weight excluding hydrogens is 284 g/mol. The van der Waals surface area contributed by atoms with Crippen molar-refractivity contribution in [3.05, 3.63) is 28.5 Å². The first-order valence-corrected chi connectivity index (χ1v) is 8.34. The van der Waals surface area contributed by atoms with E-state index in [9.17, 15) is 4.79 Å². The minimum atomic E-state index is 0.0957. The number of halogens is 1. The van der Waals surface area contributed by atoms with Gasteiger partial charge in [0.05, 0.1) is 0 Å². The fourth-order valence-corrected chi connectivity index (χ4v) is 3.26. The molecule has 2 rings (SSSR count). The average Bonchev–Trinajstić information content (AvgIpc) is 2.71. The predicted octanol–water partition coefficient (Wildman–Crippen LogP) is 4.20. The number of aromatic nitrogens is 1. The Balaban J connectivity index is 2.11. The highest BCUT2D eigenvalue weighted by atomic mass is 35.5. The summed E-state index contributed by atoms with van der Waals surface area (Å²) in [5.74, 6) is 1.52. The van der Waals surface area contributed by atoms with Gasteiger partial charge < -0.3 is 4.90 Å². The Bertz CT molecular complexity index is 502. The van der Waals surface area contributed by atoms with E-state index in [0.717, 1.165) is 44.0 Å². The van der Waals surface area contributed by atoms with Crippen molar-refractivity contribution >= 4 is 17.5 Å². The molecule has 1 aliphatic rings. The molecule has 0 saturated carbocycles. The summed E-state index contributed by atoms with van der Waals surface area (Å²) >= 11 is 6.03. The van der Waals surface area contributed by atoms with E-state index in [0.29, 0.717) is 16.6 Å². The van der Waals surface area contributed by atoms with E-state index in [-0.39, 0.29) is 5.91 Å². The van der Waals surface area contributed by atoms with Gasteiger partial charge in [0.25, 0.3) is 5.91 Å². The number of hydrogen-bond donors (Lipinski definition) is 0. The normalized spacial score (nSPS) is 19.7. The molecule has 1 atom stereocenters. The number of likely N-dealkylation sites (tertiary alicyclic amines) is 1. The number of nitrogens with zero attached hydrogens (tertiary/aromatic N) is 2. The lowest BCUT2D eigenvalue weighted by Crippen LogP contribution is -2.32. The Labute approximate surface area is 132 Å². The molecular formula is C17H25ClN2O. The molecule has 21 heavy (non-hydrogen) atoms. The van der Waals surface area contributed by atoms with Crippen LogP contribution in [0.5, 0.6) is 0 Å². The van der Waals surface area contributed by atoms with Crippen molar-refractivity contribution in [1.29, 1.82) is 0 Å². The molecule has 4 heteroatoms. The molecule has 1 fully saturated rings. The standard InChI is InChI=1S/C17H25ClN2O/c1-4-15-10-14(11-16(18)19-15)17(21)20-8-5-6-13(7-9-20)12(2)3/h10-13H,4-9H2,1-3H3. The Morgan fingerprint density at radius 1 is 1.38 bits per heavy atom. The number of rotatable bonds is 3. The van der Waals surface area contributed by atoms with Crippen molar-refractivity contribution < 1.29 is 4.79 Å². The summed E-state index contributed by atoms with van der Waals surface area (Å²) in [7, 11) is 0. The van der Waals surface area contributed by atoms with E-state index in [2.05, 4.69) is 18.8 Å². The first kappa shape index (κ1) is 16.3. The molecule has 2 heterocycles. The predicted molar refractivity (Wildman–Crippen MR) is 86.7 cm³/mol. The Morgan fingerprint density at radius 2 is 2.14 bits per heavy atom. The van der Waals surface area contributed by atoms with Crippen LogP contribution in [0.2, 0.25) is 5.15 Å². The molecule has 0 spiro atoms. The van der Waals surface area contributed by atoms with Crippen molar-refractivity contribution in [1.82, 2.24) is 9.88 Å². The molecule has 0 aliphatic carbocycles. The van der Waals surface area contributed by atoms with Crippen molar-refractivity contribution in [2.24, 2.45) is 11.8 Å². The maximum Gasteiger partial charge on any atom is 0.254 e. The Hall–Kier alpha value is -1.09. The second-order valence-corrected chi connectivity index (χ2v) is 6.64. The largest absolute Gasteiger partial charge is 0.339 e. The molecule has 1 aliphatic heterocycles. The van der Waals surface area contributed by atoms with Crippen LogP contribution < -0.4 is 0 Å². The summed E-state index contributed by atoms with van der Waals surface area (Å²) in [5, 5.41) is 0.410. The van der Waals surface area contributed by atoms with Gasteiger partial charge in [0.2, 0.25) is 0 Å². The molecule has 0 bridgehead atoms. The summed E-state index contributed by atoms with van der Waals surface area (Å²) in [6.45, 7) is 8.27. The lowest BCUT2D eigenvalue weighted by Gasteiger charge is -2.22. The first-order chi connectivity index (χ1) is 10.0. The van der Waals surface area contributed by atoms with Gasteiger partial charge in [0.15, 0.2) is 0 Å². The van der Waals surface area contributed by atoms with Gasteiger partial charge in [-0.05, 0) is 49.7 Å². The summed E-state index contributed by atoms with van der Waals surface area (Å²) in [6, 6.07) is 3.56. The third kappa shape index (κ3) is 4.19. The monoisotopic (exact) mass is 308 g/mol. The van der Waals surface area contributed by atoms with E-state index in [1.54, 1.807) is 6.07 Å². The van der Waals surface area contributed by atoms with Gasteiger partial charge in [-0.15, -0.1) is 0 Å². The third-order valence-corrected chi connectivity index (χ3v) is 4.65. The molecule has 1 unspecified atom stereocenters. The highest BCUT2D eigenvalue weighted by Crippen LogP contribution is 2.25. The summed E-state index contributed by atoms with van der Waals surface area (Å²) in [4.78, 5) is 18.9. The summed E-state index contributed by atoms with van der Waals surface area (Å²) < 4.78 is 0. The zero-order chi connectivity index (χ0) is 15.4. The Morgan fingerprint density at radius 3 is 2.81 bits per heavy atom. The zero-order valence-electron chi connectivity index (χ0n) is 13.2. The van der Waals surface area contributed by atoms with Gasteiger partial charge in [-0.1, -0.05) is 32.4 Å². The van der Waals surface area contributed by atoms with Crippen molar-refractivity contribution in [3.63, 3.8) is 0 Å². The minimum absolute atomic E-state index is 0.0957. The highest BCUT2D eigenvalue weighted by Gasteiger charge is 2.23. The van der Waals surface area contributed by atoms with Gasteiger partial charge in [0, 0.05) is 24.3 Å². The van der Waals surface area contributed by atoms with Crippen LogP contribution >= 0.6 is 11.6 Å². The van der Waals surface area contributed by atoms with Crippen LogP contribution in [0.1, 0.15) is 56.1 Å². The van der Waals surface area contributed by atoms with Crippen LogP contribution in [0.25, 0.3) is 0 Å². The fraction of sp³-hybridized carbons (Fsp3) is 0.647. The molecule has 0 N–H and O–H groups in total. The van der Waals surface area contributed by atoms with Crippen LogP contribution in [0, 0.1) is 11.8 Å². The van der Waals surface area contributed by atoms with Gasteiger partial charge >= 0.3 is 0 Å². The van der Waals surface area contributed by atoms with E-state index < -0.39 is 0 Å². The second-order valence-electron chi connectivity index (χ2n) is 6.25. The molecule has 1 saturated heterocycles. The van der Waals surface area contributed by atoms with Crippen molar-refractivity contribution in [2.45, 2.75) is 46.5 Å². The lowest BCUT2D eigenvalue weighted by atomic mass is 9.89. The number of amides is 1. The quantitative estimate of drug-likeness (QED) is 0.784. The third-order valence-electron chi connectivity index (χ3n) is 4.46. The number of carbonyl (C=O) groups is 1. The van der Waals surface area contributed by atoms with E-state index in [1.165, 1.54) is 6.42 Å². The minimum Gasteiger partial charge on any atom is -0.339 e. The van der Waals surface area contributed by atoms with Crippen molar-refractivity contribution in [2.75, 3.05) is 13.1 Å². The summed E-state index contributed by atoms with van der Waals surface area (Å²) in [6.07, 6.45) is 4.20. The second kappa shape index (κ2) is 7.26. The molecule has 1 amide bonds. The molecule has 0 radical (unpaired) electrons. The fourth-order valence-electron chi connectivity index (χ4n) is 3.03. The van der Waals surface area contributed by atoms with Crippen LogP contribution in [-0.2, 0) is 6.42 Å². The average molecular weight is 309 g/mol. The molecule has 3 nitrogen and oxygen atoms in total. The SMILES string of the molecule is CCc1cc(C(=O)N2CCCC(C(C)C)CC2)cc(Cl)n1. The molecule has 116 valence electrons. The number of pyridine rings is 1. The van der Waals surface area contributed by atoms with Gasteiger partial charge in [0.1, 0.15) is 5.15 Å². The smallest absolute Gasteiger partial charge is 0.254 e. The number of carbonyl (C=O) groups excluding carboxylic acids is 1. The van der Waals surface area contributed by atoms with Crippen LogP contribution in [-0.4, -0.2) is 28.9 Å². The van der Waals surface area contributed by atoms with Gasteiger partial charge in [-0.25, -0.2) is 4.98 Å². The maximum atomic E-state index is 12.7. The number of aryl methyl sites for hydroxylation is 1. The van der Waals surface area contributed by atoms with E-state index in [1.807, 2.05) is 17.9 Å². The van der Waals surface area contributed by atoms with Crippen molar-refractivity contribution in [3.8, 4) is 0 Å². The van der Waals surface area contributed by atoms with Gasteiger partial charge in [-0.2, -0.15) is 0 Å². The molecule has 0 aromatic carbocycles. The first-order valence-electron chi connectivity index (χ1n) is 7.97. The van der Waals surface area contributed by atoms with E-state index in [4.69, 9.17) is 11.6 Å². The maximum absolute atomic E-state index is 12.7. The Kier molecular flexibility index (Phi) is 5.63. The molecule has 1 aromatic heterocycles. The molecule has 1 aromatic rings. The highest BCUT2D eigenvalue weighted by molar-refractivity contribution is 6.29. The number of hydrogen-bond acceptors (Lipinski definition) is 2. The van der Waals surface area contributed by atoms with Crippen LogP contribution in [0.4, 0.5) is 0 Å². The zero-order valence-corrected chi connectivity index (χ0v) is 14.0. The topological polar surface area (TPSA) is 33.2 Å². The van der Waals surface area contributed by atoms with Crippen LogP contribution in [0.3, 0.4) is 0 Å². The van der Waals surface area contributed by atoms with Gasteiger partial charge in [-0.3, -0.25) is 4.79 Å². The van der Waals surface area contributed by atoms with Crippen LogP contribution in [0.15, 0.2) is 12.1 Å². The lowest BCUT2D eigenvalue weighted by molar-refractivity contribution is 0.0758. The van der Waals surface area contributed by atoms with E-state index >= 15 is 0 Å². The summed E-state index contributed by atoms with van der Waals surface area (Å²) in [5.41, 5.74) is 1.55.